The van der Waals surface area contributed by atoms with Crippen molar-refractivity contribution in [2.45, 2.75) is 30.6 Å². The van der Waals surface area contributed by atoms with Gasteiger partial charge in [0.1, 0.15) is 10.6 Å². The molecule has 198 valence electrons. The summed E-state index contributed by atoms with van der Waals surface area (Å²) in [5.74, 6) is -0.337. The number of aromatic nitrogens is 2. The van der Waals surface area contributed by atoms with Crippen molar-refractivity contribution < 1.29 is 17.9 Å². The molecule has 38 heavy (non-hydrogen) atoms. The van der Waals surface area contributed by atoms with Crippen molar-refractivity contribution in [1.82, 2.24) is 9.36 Å². The standard InChI is InChI=1S/C28H30N4O5S/c1-5-37-27-23(12-9-13-24(27)38(35,36)22-16-14-19(2)15-17-22)29-18-25(33)30-26-20(3)31(4)32(28(26)34)21-10-7-6-8-11-21/h6-17,29H,5,18H2,1-4H3,(H,30,33). The van der Waals surface area contributed by atoms with Crippen molar-refractivity contribution in [3.8, 4) is 11.4 Å². The lowest BCUT2D eigenvalue weighted by molar-refractivity contribution is -0.114. The second-order valence-corrected chi connectivity index (χ2v) is 10.6. The Labute approximate surface area is 221 Å². The largest absolute Gasteiger partial charge is 0.490 e. The van der Waals surface area contributed by atoms with Crippen LogP contribution in [0.4, 0.5) is 11.4 Å². The molecular formula is C28H30N4O5S. The van der Waals surface area contributed by atoms with E-state index in [9.17, 15) is 18.0 Å². The first-order valence-corrected chi connectivity index (χ1v) is 13.6. The maximum atomic E-state index is 13.4. The second-order valence-electron chi connectivity index (χ2n) is 8.72. The summed E-state index contributed by atoms with van der Waals surface area (Å²) in [5.41, 5.74) is 2.37. The van der Waals surface area contributed by atoms with Crippen molar-refractivity contribution >= 4 is 27.1 Å². The number of carbonyl (C=O) groups is 1. The fourth-order valence-electron chi connectivity index (χ4n) is 4.08. The van der Waals surface area contributed by atoms with Gasteiger partial charge in [-0.15, -0.1) is 0 Å². The predicted molar refractivity (Wildman–Crippen MR) is 147 cm³/mol. The fraction of sp³-hybridized carbons (Fsp3) is 0.214. The van der Waals surface area contributed by atoms with Crippen LogP contribution in [0.1, 0.15) is 18.2 Å². The quantitative estimate of drug-likeness (QED) is 0.335. The number of nitrogens with zero attached hydrogens (tertiary/aromatic N) is 2. The fourth-order valence-corrected chi connectivity index (χ4v) is 5.49. The number of nitrogens with one attached hydrogen (secondary N) is 2. The third-order valence-electron chi connectivity index (χ3n) is 6.15. The van der Waals surface area contributed by atoms with Gasteiger partial charge in [-0.2, -0.15) is 0 Å². The number of hydrogen-bond donors (Lipinski definition) is 2. The molecule has 0 saturated heterocycles. The molecule has 0 atom stereocenters. The topological polar surface area (TPSA) is 111 Å². The monoisotopic (exact) mass is 534 g/mol. The highest BCUT2D eigenvalue weighted by atomic mass is 32.2. The molecule has 4 aromatic rings. The Morgan fingerprint density at radius 2 is 1.63 bits per heavy atom. The number of aryl methyl sites for hydroxylation is 1. The molecule has 0 unspecified atom stereocenters. The van der Waals surface area contributed by atoms with Crippen LogP contribution in [0.3, 0.4) is 0 Å². The van der Waals surface area contributed by atoms with Gasteiger partial charge in [0, 0.05) is 7.05 Å². The summed E-state index contributed by atoms with van der Waals surface area (Å²) in [6.45, 7) is 5.39. The van der Waals surface area contributed by atoms with Crippen molar-refractivity contribution in [2.24, 2.45) is 7.05 Å². The van der Waals surface area contributed by atoms with Gasteiger partial charge in [-0.1, -0.05) is 42.0 Å². The van der Waals surface area contributed by atoms with E-state index < -0.39 is 15.7 Å². The number of sulfone groups is 1. The van der Waals surface area contributed by atoms with Gasteiger partial charge in [0.15, 0.2) is 5.75 Å². The molecule has 0 radical (unpaired) electrons. The van der Waals surface area contributed by atoms with Crippen LogP contribution in [0, 0.1) is 13.8 Å². The molecule has 1 amide bonds. The lowest BCUT2D eigenvalue weighted by Crippen LogP contribution is -2.26. The maximum Gasteiger partial charge on any atom is 0.295 e. The van der Waals surface area contributed by atoms with Gasteiger partial charge >= 0.3 is 0 Å². The molecule has 0 fully saturated rings. The minimum Gasteiger partial charge on any atom is -0.490 e. The highest BCUT2D eigenvalue weighted by Gasteiger charge is 2.25. The number of carbonyl (C=O) groups excluding carboxylic acids is 1. The van der Waals surface area contributed by atoms with Gasteiger partial charge in [-0.3, -0.25) is 14.3 Å². The first-order chi connectivity index (χ1) is 18.1. The molecule has 1 heterocycles. The van der Waals surface area contributed by atoms with Crippen LogP contribution in [-0.2, 0) is 21.7 Å². The molecule has 10 heteroatoms. The Balaban J connectivity index is 1.58. The number of rotatable bonds is 9. The molecular weight excluding hydrogens is 504 g/mol. The van der Waals surface area contributed by atoms with Gasteiger partial charge in [0.05, 0.1) is 35.1 Å². The molecule has 0 aliphatic carbocycles. The normalized spacial score (nSPS) is 11.3. The van der Waals surface area contributed by atoms with Crippen LogP contribution in [0.2, 0.25) is 0 Å². The van der Waals surface area contributed by atoms with E-state index in [4.69, 9.17) is 4.74 Å². The number of hydrogen-bond acceptors (Lipinski definition) is 6. The van der Waals surface area contributed by atoms with Crippen molar-refractivity contribution in [3.63, 3.8) is 0 Å². The van der Waals surface area contributed by atoms with Crippen LogP contribution in [0.15, 0.2) is 87.4 Å². The molecule has 9 nitrogen and oxygen atoms in total. The molecule has 4 rings (SSSR count). The first-order valence-electron chi connectivity index (χ1n) is 12.1. The number of anilines is 2. The van der Waals surface area contributed by atoms with E-state index in [0.717, 1.165) is 5.56 Å². The number of benzene rings is 3. The first kappa shape index (κ1) is 26.7. The van der Waals surface area contributed by atoms with Gasteiger partial charge < -0.3 is 15.4 Å². The minimum atomic E-state index is -3.87. The zero-order valence-corrected chi connectivity index (χ0v) is 22.5. The van der Waals surface area contributed by atoms with Crippen molar-refractivity contribution in [1.29, 1.82) is 0 Å². The van der Waals surface area contributed by atoms with Gasteiger partial charge in [0.2, 0.25) is 15.7 Å². The molecule has 1 aromatic heterocycles. The Hall–Kier alpha value is -4.31. The van der Waals surface area contributed by atoms with Gasteiger partial charge in [-0.05, 0) is 57.2 Å². The Kier molecular flexibility index (Phi) is 7.72. The Morgan fingerprint density at radius 1 is 0.947 bits per heavy atom. The van der Waals surface area contributed by atoms with E-state index in [0.29, 0.717) is 17.1 Å². The zero-order valence-electron chi connectivity index (χ0n) is 21.7. The zero-order chi connectivity index (χ0) is 27.4. The lowest BCUT2D eigenvalue weighted by atomic mass is 10.2. The van der Waals surface area contributed by atoms with E-state index >= 15 is 0 Å². The third kappa shape index (κ3) is 5.21. The summed E-state index contributed by atoms with van der Waals surface area (Å²) >= 11 is 0. The molecule has 0 bridgehead atoms. The molecule has 3 aromatic carbocycles. The highest BCUT2D eigenvalue weighted by Crippen LogP contribution is 2.36. The van der Waals surface area contributed by atoms with E-state index in [1.54, 1.807) is 74.1 Å². The summed E-state index contributed by atoms with van der Waals surface area (Å²) in [7, 11) is -2.13. The number of para-hydroxylation sites is 2. The lowest BCUT2D eigenvalue weighted by Gasteiger charge is -2.16. The van der Waals surface area contributed by atoms with E-state index in [1.165, 1.54) is 10.7 Å². The van der Waals surface area contributed by atoms with Gasteiger partial charge in [0.25, 0.3) is 5.56 Å². The summed E-state index contributed by atoms with van der Waals surface area (Å²) < 4.78 is 35.6. The van der Waals surface area contributed by atoms with Crippen LogP contribution >= 0.6 is 0 Å². The van der Waals surface area contributed by atoms with Crippen LogP contribution < -0.4 is 20.9 Å². The molecule has 0 aliphatic heterocycles. The summed E-state index contributed by atoms with van der Waals surface area (Å²) in [6.07, 6.45) is 0. The SMILES string of the molecule is CCOc1c(NCC(=O)Nc2c(C)n(C)n(-c3ccccc3)c2=O)cccc1S(=O)(=O)c1ccc(C)cc1. The summed E-state index contributed by atoms with van der Waals surface area (Å²) in [6, 6.07) is 20.4. The minimum absolute atomic E-state index is 0.00161. The Bertz CT molecular complexity index is 1620. The molecule has 0 saturated carbocycles. The number of amides is 1. The van der Waals surface area contributed by atoms with E-state index in [1.807, 2.05) is 25.1 Å². The Morgan fingerprint density at radius 3 is 2.29 bits per heavy atom. The summed E-state index contributed by atoms with van der Waals surface area (Å²) in [4.78, 5) is 26.1. The average Bonchev–Trinajstić information content (AvgIpc) is 3.11. The number of ether oxygens (including phenoxy) is 1. The second kappa shape index (κ2) is 11.0. The van der Waals surface area contributed by atoms with E-state index in [-0.39, 0.29) is 39.9 Å². The molecule has 0 aliphatic rings. The van der Waals surface area contributed by atoms with Crippen LogP contribution in [-0.4, -0.2) is 36.8 Å². The van der Waals surface area contributed by atoms with Crippen LogP contribution in [0.5, 0.6) is 5.75 Å². The van der Waals surface area contributed by atoms with Crippen molar-refractivity contribution in [2.75, 3.05) is 23.8 Å². The molecule has 2 N–H and O–H groups in total. The maximum absolute atomic E-state index is 13.4. The predicted octanol–water partition coefficient (Wildman–Crippen LogP) is 4.07. The smallest absolute Gasteiger partial charge is 0.295 e. The van der Waals surface area contributed by atoms with Gasteiger partial charge in [-0.25, -0.2) is 13.1 Å². The summed E-state index contributed by atoms with van der Waals surface area (Å²) in [5, 5.41) is 5.66. The highest BCUT2D eigenvalue weighted by molar-refractivity contribution is 7.91. The molecule has 0 spiro atoms. The van der Waals surface area contributed by atoms with Crippen molar-refractivity contribution in [3.05, 3.63) is 94.4 Å². The van der Waals surface area contributed by atoms with Crippen LogP contribution in [0.25, 0.3) is 5.69 Å². The van der Waals surface area contributed by atoms with E-state index in [2.05, 4.69) is 10.6 Å². The average molecular weight is 535 g/mol. The third-order valence-corrected chi connectivity index (χ3v) is 7.94.